The molecule has 0 spiro atoms. The van der Waals surface area contributed by atoms with E-state index in [1.54, 1.807) is 30.3 Å². The molecule has 0 aliphatic rings. The number of ether oxygens (including phenoxy) is 2. The van der Waals surface area contributed by atoms with Crippen molar-refractivity contribution in [3.63, 3.8) is 0 Å². The fraction of sp³-hybridized carbons (Fsp3) is 0.455. The minimum atomic E-state index is -3.66. The Morgan fingerprint density at radius 3 is 2.21 bits per heavy atom. The molecule has 1 N–H and O–H groups in total. The third-order valence-electron chi connectivity index (χ3n) is 4.74. The van der Waals surface area contributed by atoms with Gasteiger partial charge in [-0.15, -0.1) is 0 Å². The number of nitrogens with zero attached hydrogens (tertiary/aromatic N) is 1. The number of benzene rings is 2. The first-order valence-corrected chi connectivity index (χ1v) is 11.3. The van der Waals surface area contributed by atoms with Crippen molar-refractivity contribution in [2.45, 2.75) is 26.1 Å². The highest BCUT2D eigenvalue weighted by atomic mass is 31.2. The van der Waals surface area contributed by atoms with Gasteiger partial charge in [-0.05, 0) is 54.8 Å². The smallest absolute Gasteiger partial charge is 0.264 e. The number of methoxy groups -OCH3 is 2. The molecule has 0 aliphatic carbocycles. The number of hydrogen-bond acceptors (Lipinski definition) is 6. The monoisotopic (exact) mass is 421 g/mol. The molecule has 6 nitrogen and oxygen atoms in total. The lowest BCUT2D eigenvalue weighted by atomic mass is 10.2. The van der Waals surface area contributed by atoms with E-state index in [9.17, 15) is 9.67 Å². The van der Waals surface area contributed by atoms with Crippen molar-refractivity contribution in [1.29, 1.82) is 0 Å². The summed E-state index contributed by atoms with van der Waals surface area (Å²) in [5.41, 5.74) is 1.34. The molecule has 0 amide bonds. The van der Waals surface area contributed by atoms with E-state index < -0.39 is 13.2 Å². The van der Waals surface area contributed by atoms with E-state index in [-0.39, 0.29) is 6.61 Å². The molecule has 0 unspecified atom stereocenters. The third-order valence-corrected chi connectivity index (χ3v) is 7.25. The lowest BCUT2D eigenvalue weighted by Gasteiger charge is -2.26. The molecule has 2 atom stereocenters. The Hall–Kier alpha value is -2.01. The molecule has 0 saturated carbocycles. The molecule has 0 aromatic heterocycles. The number of rotatable bonds is 10. The van der Waals surface area contributed by atoms with Gasteiger partial charge in [-0.1, -0.05) is 13.8 Å². The van der Waals surface area contributed by atoms with Crippen LogP contribution in [0.1, 0.15) is 31.7 Å². The van der Waals surface area contributed by atoms with Crippen LogP contribution in [0.5, 0.6) is 11.5 Å². The summed E-state index contributed by atoms with van der Waals surface area (Å²) < 4.78 is 30.6. The van der Waals surface area contributed by atoms with Gasteiger partial charge >= 0.3 is 0 Å². The van der Waals surface area contributed by atoms with E-state index >= 15 is 0 Å². The van der Waals surface area contributed by atoms with Crippen molar-refractivity contribution in [3.8, 4) is 11.5 Å². The molecule has 0 radical (unpaired) electrons. The number of anilines is 1. The summed E-state index contributed by atoms with van der Waals surface area (Å²) in [7, 11) is 3.26. The Morgan fingerprint density at radius 2 is 1.69 bits per heavy atom. The van der Waals surface area contributed by atoms with E-state index in [2.05, 4.69) is 13.8 Å². The standard InChI is InChI=1S/C22H32NO5P/c1-16(2)13-14-28-29(25,19-10-7-17(8-11-19)23(3)4)22(24)20-15-18(26-5)9-12-21(20)27-6/h7-12,15-16,22,24H,13-14H2,1-6H3/t22-,29+/m1/s1. The van der Waals surface area contributed by atoms with Gasteiger partial charge in [0.15, 0.2) is 5.85 Å². The van der Waals surface area contributed by atoms with Gasteiger partial charge in [0.1, 0.15) is 11.5 Å². The molecule has 29 heavy (non-hydrogen) atoms. The zero-order chi connectivity index (χ0) is 21.6. The summed E-state index contributed by atoms with van der Waals surface area (Å²) in [6, 6.07) is 12.3. The number of hydrogen-bond donors (Lipinski definition) is 1. The highest BCUT2D eigenvalue weighted by molar-refractivity contribution is 7.67. The molecule has 2 aromatic carbocycles. The average Bonchev–Trinajstić information content (AvgIpc) is 2.72. The van der Waals surface area contributed by atoms with E-state index in [1.807, 2.05) is 31.1 Å². The van der Waals surface area contributed by atoms with Gasteiger partial charge in [0, 0.05) is 30.7 Å². The van der Waals surface area contributed by atoms with Crippen LogP contribution in [0.4, 0.5) is 5.69 Å². The first kappa shape index (κ1) is 23.3. The van der Waals surface area contributed by atoms with Crippen molar-refractivity contribution in [2.24, 2.45) is 5.92 Å². The second-order valence-corrected chi connectivity index (χ2v) is 9.96. The topological polar surface area (TPSA) is 68.2 Å². The van der Waals surface area contributed by atoms with Gasteiger partial charge in [0.05, 0.1) is 20.8 Å². The highest BCUT2D eigenvalue weighted by Crippen LogP contribution is 2.59. The van der Waals surface area contributed by atoms with Gasteiger partial charge in [-0.2, -0.15) is 0 Å². The van der Waals surface area contributed by atoms with Crippen LogP contribution in [-0.2, 0) is 9.09 Å². The number of aliphatic hydroxyl groups is 1. The van der Waals surface area contributed by atoms with E-state index in [4.69, 9.17) is 14.0 Å². The van der Waals surface area contributed by atoms with Crippen LogP contribution in [0, 0.1) is 5.92 Å². The van der Waals surface area contributed by atoms with Gasteiger partial charge < -0.3 is 24.0 Å². The molecular weight excluding hydrogens is 389 g/mol. The maximum Gasteiger partial charge on any atom is 0.264 e. The fourth-order valence-electron chi connectivity index (χ4n) is 2.89. The summed E-state index contributed by atoms with van der Waals surface area (Å²) in [5.74, 6) is -0.0274. The Balaban J connectivity index is 2.50. The van der Waals surface area contributed by atoms with E-state index in [1.165, 1.54) is 14.2 Å². The molecule has 2 aromatic rings. The fourth-order valence-corrected chi connectivity index (χ4v) is 4.98. The van der Waals surface area contributed by atoms with Crippen molar-refractivity contribution >= 4 is 18.4 Å². The van der Waals surface area contributed by atoms with Crippen molar-refractivity contribution < 1.29 is 23.7 Å². The summed E-state index contributed by atoms with van der Waals surface area (Å²) in [5, 5.41) is 11.7. The van der Waals surface area contributed by atoms with Gasteiger partial charge in [-0.3, -0.25) is 4.57 Å². The SMILES string of the molecule is COc1ccc(OC)c([C@H](O)[P@@](=O)(OCCC(C)C)c2ccc(N(C)C)cc2)c1. The van der Waals surface area contributed by atoms with Gasteiger partial charge in [0.2, 0.25) is 0 Å². The lowest BCUT2D eigenvalue weighted by molar-refractivity contribution is 0.205. The normalized spacial score (nSPS) is 14.3. The average molecular weight is 421 g/mol. The third kappa shape index (κ3) is 5.53. The summed E-state index contributed by atoms with van der Waals surface area (Å²) in [6.45, 7) is 4.43. The molecule has 0 aliphatic heterocycles. The largest absolute Gasteiger partial charge is 0.497 e. The molecule has 0 bridgehead atoms. The lowest BCUT2D eigenvalue weighted by Crippen LogP contribution is -2.17. The van der Waals surface area contributed by atoms with Crippen LogP contribution in [0.2, 0.25) is 0 Å². The summed E-state index contributed by atoms with van der Waals surface area (Å²) in [6.07, 6.45) is 0.738. The predicted octanol–water partition coefficient (Wildman–Crippen LogP) is 4.43. The van der Waals surface area contributed by atoms with Crippen LogP contribution in [0.25, 0.3) is 0 Å². The van der Waals surface area contributed by atoms with Crippen LogP contribution in [0.3, 0.4) is 0 Å². The molecule has 160 valence electrons. The van der Waals surface area contributed by atoms with Crippen LogP contribution < -0.4 is 19.7 Å². The zero-order valence-electron chi connectivity index (χ0n) is 18.1. The van der Waals surface area contributed by atoms with Crippen molar-refractivity contribution in [2.75, 3.05) is 39.8 Å². The predicted molar refractivity (Wildman–Crippen MR) is 118 cm³/mol. The maximum atomic E-state index is 14.1. The Morgan fingerprint density at radius 1 is 1.03 bits per heavy atom. The quantitative estimate of drug-likeness (QED) is 0.573. The molecule has 0 saturated heterocycles. The molecule has 0 heterocycles. The Bertz CT molecular complexity index is 836. The van der Waals surface area contributed by atoms with Crippen LogP contribution >= 0.6 is 7.37 Å². The Kier molecular flexibility index (Phi) is 8.14. The second kappa shape index (κ2) is 10.1. The zero-order valence-corrected chi connectivity index (χ0v) is 19.0. The minimum Gasteiger partial charge on any atom is -0.497 e. The molecule has 2 rings (SSSR count). The molecule has 0 fully saturated rings. The minimum absolute atomic E-state index is 0.285. The van der Waals surface area contributed by atoms with Gasteiger partial charge in [-0.25, -0.2) is 0 Å². The second-order valence-electron chi connectivity index (χ2n) is 7.51. The van der Waals surface area contributed by atoms with Crippen LogP contribution in [0.15, 0.2) is 42.5 Å². The first-order valence-electron chi connectivity index (χ1n) is 9.65. The molecule has 7 heteroatoms. The van der Waals surface area contributed by atoms with Crippen molar-refractivity contribution in [3.05, 3.63) is 48.0 Å². The highest BCUT2D eigenvalue weighted by Gasteiger charge is 2.38. The first-order chi connectivity index (χ1) is 13.7. The summed E-state index contributed by atoms with van der Waals surface area (Å²) >= 11 is 0. The van der Waals surface area contributed by atoms with E-state index in [0.29, 0.717) is 28.3 Å². The summed E-state index contributed by atoms with van der Waals surface area (Å²) in [4.78, 5) is 1.95. The van der Waals surface area contributed by atoms with Crippen molar-refractivity contribution in [1.82, 2.24) is 0 Å². The molecular formula is C22H32NO5P. The van der Waals surface area contributed by atoms with E-state index in [0.717, 1.165) is 12.1 Å². The Labute approximate surface area is 173 Å². The van der Waals surface area contributed by atoms with Crippen LogP contribution in [-0.4, -0.2) is 40.0 Å². The number of aliphatic hydroxyl groups excluding tert-OH is 1. The van der Waals surface area contributed by atoms with Gasteiger partial charge in [0.25, 0.3) is 7.37 Å². The maximum absolute atomic E-state index is 14.1.